The molecule has 0 aromatic heterocycles. The molecular weight excluding hydrogens is 460 g/mol. The quantitative estimate of drug-likeness (QED) is 0.488. The number of rotatable bonds is 8. The third kappa shape index (κ3) is 7.87. The molecule has 2 unspecified atom stereocenters. The Morgan fingerprint density at radius 1 is 1.08 bits per heavy atom. The fraction of sp³-hybridized carbons (Fsp3) is 0.333. The van der Waals surface area contributed by atoms with Crippen molar-refractivity contribution in [1.29, 1.82) is 0 Å². The van der Waals surface area contributed by atoms with Crippen LogP contribution < -0.4 is 16.4 Å². The van der Waals surface area contributed by atoms with E-state index in [0.29, 0.717) is 16.8 Å². The van der Waals surface area contributed by atoms with E-state index in [1.54, 1.807) is 57.2 Å². The molecule has 0 heterocycles. The standard InChI is InChI=1S/C27H32N4O5/c1-7-18-12-14-19(15-13-18)23(24(33)29-20-11-9-8-10-17(20)2)31(6)25(34)21(16-22(28)32)30-26(35)36-27(3,4)5/h1,8-15,21,23H,16H2,2-6H3,(H2,28,32)(H,29,33)(H,30,35). The summed E-state index contributed by atoms with van der Waals surface area (Å²) in [6.07, 6.45) is 4.07. The van der Waals surface area contributed by atoms with Gasteiger partial charge in [-0.1, -0.05) is 36.3 Å². The van der Waals surface area contributed by atoms with E-state index in [1.165, 1.54) is 7.05 Å². The number of benzene rings is 2. The van der Waals surface area contributed by atoms with E-state index in [9.17, 15) is 19.2 Å². The van der Waals surface area contributed by atoms with Crippen molar-refractivity contribution in [3.8, 4) is 12.3 Å². The van der Waals surface area contributed by atoms with Gasteiger partial charge in [-0.3, -0.25) is 14.4 Å². The van der Waals surface area contributed by atoms with Gasteiger partial charge in [0.2, 0.25) is 11.8 Å². The van der Waals surface area contributed by atoms with Crippen LogP contribution in [0.5, 0.6) is 0 Å². The largest absolute Gasteiger partial charge is 0.444 e. The normalized spacial score (nSPS) is 12.4. The summed E-state index contributed by atoms with van der Waals surface area (Å²) in [6.45, 7) is 6.83. The first-order chi connectivity index (χ1) is 16.8. The maximum absolute atomic E-state index is 13.5. The number of nitrogens with zero attached hydrogens (tertiary/aromatic N) is 1. The fourth-order valence-electron chi connectivity index (χ4n) is 3.45. The van der Waals surface area contributed by atoms with E-state index in [1.807, 2.05) is 19.1 Å². The van der Waals surface area contributed by atoms with Gasteiger partial charge in [0.05, 0.1) is 6.42 Å². The summed E-state index contributed by atoms with van der Waals surface area (Å²) >= 11 is 0. The first kappa shape index (κ1) is 27.9. The highest BCUT2D eigenvalue weighted by Crippen LogP contribution is 2.25. The third-order valence-corrected chi connectivity index (χ3v) is 5.17. The number of aryl methyl sites for hydroxylation is 1. The van der Waals surface area contributed by atoms with Gasteiger partial charge in [-0.25, -0.2) is 4.79 Å². The Morgan fingerprint density at radius 3 is 2.22 bits per heavy atom. The van der Waals surface area contributed by atoms with Crippen molar-refractivity contribution in [2.75, 3.05) is 12.4 Å². The number of terminal acetylenes is 1. The predicted octanol–water partition coefficient (Wildman–Crippen LogP) is 2.88. The van der Waals surface area contributed by atoms with Crippen LogP contribution in [0.4, 0.5) is 10.5 Å². The Hall–Kier alpha value is -4.32. The number of alkyl carbamates (subject to hydrolysis) is 1. The van der Waals surface area contributed by atoms with Crippen molar-refractivity contribution >= 4 is 29.5 Å². The van der Waals surface area contributed by atoms with E-state index in [0.717, 1.165) is 10.5 Å². The molecule has 36 heavy (non-hydrogen) atoms. The molecule has 0 saturated carbocycles. The molecule has 9 heteroatoms. The molecule has 2 aromatic rings. The molecule has 0 bridgehead atoms. The molecule has 0 aliphatic heterocycles. The molecule has 2 atom stereocenters. The van der Waals surface area contributed by atoms with E-state index in [-0.39, 0.29) is 0 Å². The van der Waals surface area contributed by atoms with E-state index < -0.39 is 47.9 Å². The molecule has 0 radical (unpaired) electrons. The number of hydrogen-bond acceptors (Lipinski definition) is 5. The summed E-state index contributed by atoms with van der Waals surface area (Å²) in [6, 6.07) is 11.3. The van der Waals surface area contributed by atoms with Gasteiger partial charge >= 0.3 is 6.09 Å². The number of nitrogens with one attached hydrogen (secondary N) is 2. The molecule has 4 amide bonds. The SMILES string of the molecule is C#Cc1ccc(C(C(=O)Nc2ccccc2C)N(C)C(=O)C(CC(N)=O)NC(=O)OC(C)(C)C)cc1. The second kappa shape index (κ2) is 11.9. The highest BCUT2D eigenvalue weighted by molar-refractivity contribution is 6.00. The monoisotopic (exact) mass is 492 g/mol. The van der Waals surface area contributed by atoms with Gasteiger partial charge in [-0.05, 0) is 57.0 Å². The van der Waals surface area contributed by atoms with E-state index >= 15 is 0 Å². The van der Waals surface area contributed by atoms with Gasteiger partial charge in [0.15, 0.2) is 0 Å². The minimum Gasteiger partial charge on any atom is -0.444 e. The van der Waals surface area contributed by atoms with Crippen molar-refractivity contribution < 1.29 is 23.9 Å². The molecule has 0 saturated heterocycles. The number of nitrogens with two attached hydrogens (primary N) is 1. The highest BCUT2D eigenvalue weighted by Gasteiger charge is 2.35. The van der Waals surface area contributed by atoms with Gasteiger partial charge < -0.3 is 26.0 Å². The predicted molar refractivity (Wildman–Crippen MR) is 137 cm³/mol. The minimum absolute atomic E-state index is 0.478. The smallest absolute Gasteiger partial charge is 0.408 e. The molecule has 9 nitrogen and oxygen atoms in total. The number of anilines is 1. The summed E-state index contributed by atoms with van der Waals surface area (Å²) in [5, 5.41) is 5.24. The maximum atomic E-state index is 13.5. The fourth-order valence-corrected chi connectivity index (χ4v) is 3.45. The lowest BCUT2D eigenvalue weighted by atomic mass is 10.0. The zero-order valence-electron chi connectivity index (χ0n) is 21.1. The molecular formula is C27H32N4O5. The first-order valence-corrected chi connectivity index (χ1v) is 11.3. The lowest BCUT2D eigenvalue weighted by Gasteiger charge is -2.31. The van der Waals surface area contributed by atoms with E-state index in [4.69, 9.17) is 16.9 Å². The Labute approximate surface area is 211 Å². The number of amides is 4. The zero-order chi connectivity index (χ0) is 27.0. The Morgan fingerprint density at radius 2 is 1.69 bits per heavy atom. The summed E-state index contributed by atoms with van der Waals surface area (Å²) in [7, 11) is 1.41. The average Bonchev–Trinajstić information content (AvgIpc) is 2.78. The molecule has 0 aliphatic carbocycles. The lowest BCUT2D eigenvalue weighted by Crippen LogP contribution is -2.52. The summed E-state index contributed by atoms with van der Waals surface area (Å²) < 4.78 is 5.22. The summed E-state index contributed by atoms with van der Waals surface area (Å²) in [4.78, 5) is 52.1. The number of para-hydroxylation sites is 1. The number of carbonyl (C=O) groups excluding carboxylic acids is 4. The van der Waals surface area contributed by atoms with E-state index in [2.05, 4.69) is 16.6 Å². The Bertz CT molecular complexity index is 1160. The van der Waals surface area contributed by atoms with Crippen LogP contribution in [0.25, 0.3) is 0 Å². The second-order valence-corrected chi connectivity index (χ2v) is 9.29. The van der Waals surface area contributed by atoms with Crippen LogP contribution in [-0.2, 0) is 19.1 Å². The van der Waals surface area contributed by atoms with Gasteiger partial charge in [-0.15, -0.1) is 6.42 Å². The second-order valence-electron chi connectivity index (χ2n) is 9.29. The van der Waals surface area contributed by atoms with Gasteiger partial charge in [0, 0.05) is 18.3 Å². The lowest BCUT2D eigenvalue weighted by molar-refractivity contribution is -0.140. The highest BCUT2D eigenvalue weighted by atomic mass is 16.6. The van der Waals surface area contributed by atoms with Gasteiger partial charge in [-0.2, -0.15) is 0 Å². The van der Waals surface area contributed by atoms with Crippen LogP contribution in [0, 0.1) is 19.3 Å². The molecule has 2 aromatic carbocycles. The number of ether oxygens (including phenoxy) is 1. The first-order valence-electron chi connectivity index (χ1n) is 11.3. The molecule has 190 valence electrons. The van der Waals surface area contributed by atoms with Crippen LogP contribution in [0.3, 0.4) is 0 Å². The van der Waals surface area contributed by atoms with Crippen molar-refractivity contribution in [2.45, 2.75) is 51.8 Å². The van der Waals surface area contributed by atoms with Crippen LogP contribution in [-0.4, -0.2) is 47.4 Å². The molecule has 0 fully saturated rings. The molecule has 0 aliphatic rings. The Balaban J connectivity index is 2.41. The van der Waals surface area contributed by atoms with Crippen molar-refractivity contribution in [1.82, 2.24) is 10.2 Å². The topological polar surface area (TPSA) is 131 Å². The Kier molecular flexibility index (Phi) is 9.22. The van der Waals surface area contributed by atoms with Crippen LogP contribution in [0.2, 0.25) is 0 Å². The molecule has 4 N–H and O–H groups in total. The van der Waals surface area contributed by atoms with Crippen LogP contribution in [0.1, 0.15) is 49.9 Å². The third-order valence-electron chi connectivity index (χ3n) is 5.17. The number of carbonyl (C=O) groups is 4. The molecule has 0 spiro atoms. The number of primary amides is 1. The number of likely N-dealkylation sites (N-methyl/N-ethyl adjacent to an activating group) is 1. The van der Waals surface area contributed by atoms with Crippen molar-refractivity contribution in [3.63, 3.8) is 0 Å². The van der Waals surface area contributed by atoms with Gasteiger partial charge in [0.1, 0.15) is 17.7 Å². The van der Waals surface area contributed by atoms with Gasteiger partial charge in [0.25, 0.3) is 5.91 Å². The number of hydrogen-bond donors (Lipinski definition) is 3. The summed E-state index contributed by atoms with van der Waals surface area (Å²) in [5.41, 5.74) is 6.99. The van der Waals surface area contributed by atoms with Crippen LogP contribution >= 0.6 is 0 Å². The summed E-state index contributed by atoms with van der Waals surface area (Å²) in [5.74, 6) is 0.500. The van der Waals surface area contributed by atoms with Crippen molar-refractivity contribution in [3.05, 3.63) is 65.2 Å². The zero-order valence-corrected chi connectivity index (χ0v) is 21.1. The average molecular weight is 493 g/mol. The maximum Gasteiger partial charge on any atom is 0.408 e. The van der Waals surface area contributed by atoms with Crippen molar-refractivity contribution in [2.24, 2.45) is 5.73 Å². The minimum atomic E-state index is -1.35. The van der Waals surface area contributed by atoms with Crippen LogP contribution in [0.15, 0.2) is 48.5 Å². The molecule has 2 rings (SSSR count).